The average Bonchev–Trinajstić information content (AvgIpc) is 2.35. The number of likely N-dealkylation sites (tertiary alicyclic amines) is 1. The van der Waals surface area contributed by atoms with Crippen LogP contribution in [0.25, 0.3) is 0 Å². The van der Waals surface area contributed by atoms with E-state index in [1.165, 1.54) is 4.90 Å². The van der Waals surface area contributed by atoms with Crippen LogP contribution in [0.15, 0.2) is 30.3 Å². The zero-order valence-electron chi connectivity index (χ0n) is 10.4. The third-order valence-corrected chi connectivity index (χ3v) is 3.51. The molecule has 2 rings (SSSR count). The summed E-state index contributed by atoms with van der Waals surface area (Å²) in [5.74, 6) is 0. The highest BCUT2D eigenvalue weighted by atomic mass is 16.5. The van der Waals surface area contributed by atoms with E-state index in [9.17, 15) is 5.11 Å². The molecule has 1 aliphatic rings. The molecule has 1 saturated heterocycles. The quantitative estimate of drug-likeness (QED) is 0.742. The Balaban J connectivity index is 2.26. The van der Waals surface area contributed by atoms with Crippen LogP contribution in [0.5, 0.6) is 0 Å². The van der Waals surface area contributed by atoms with Crippen LogP contribution < -0.4 is 4.90 Å². The van der Waals surface area contributed by atoms with Crippen molar-refractivity contribution in [3.8, 4) is 0 Å². The van der Waals surface area contributed by atoms with Gasteiger partial charge in [-0.2, -0.15) is 7.05 Å². The van der Waals surface area contributed by atoms with Crippen molar-refractivity contribution in [1.82, 2.24) is 0 Å². The third-order valence-electron chi connectivity index (χ3n) is 3.51. The first-order valence-electron chi connectivity index (χ1n) is 6.23. The molecule has 0 aliphatic carbocycles. The first-order chi connectivity index (χ1) is 8.16. The molecule has 0 saturated carbocycles. The Labute approximate surface area is 103 Å². The van der Waals surface area contributed by atoms with E-state index in [1.54, 1.807) is 0 Å². The van der Waals surface area contributed by atoms with Gasteiger partial charge in [0.1, 0.15) is 11.7 Å². The monoisotopic (exact) mass is 235 g/mol. The van der Waals surface area contributed by atoms with E-state index < -0.39 is 5.60 Å². The average molecular weight is 235 g/mol. The number of ether oxygens (including phenoxy) is 1. The molecular weight excluding hydrogens is 214 g/mol. The molecule has 0 spiro atoms. The zero-order valence-corrected chi connectivity index (χ0v) is 10.4. The van der Waals surface area contributed by atoms with Crippen molar-refractivity contribution in [3.05, 3.63) is 42.9 Å². The number of quaternary nitrogens is 1. The number of rotatable bonds is 3. The van der Waals surface area contributed by atoms with Gasteiger partial charge in [-0.1, -0.05) is 30.3 Å². The zero-order chi connectivity index (χ0) is 12.3. The van der Waals surface area contributed by atoms with Gasteiger partial charge < -0.3 is 14.7 Å². The Hall–Kier alpha value is -0.900. The maximum Gasteiger partial charge on any atom is 0.137 e. The molecule has 1 aromatic rings. The molecule has 94 valence electrons. The van der Waals surface area contributed by atoms with Crippen LogP contribution in [0.2, 0.25) is 0 Å². The van der Waals surface area contributed by atoms with Crippen LogP contribution in [0.3, 0.4) is 0 Å². The summed E-state index contributed by atoms with van der Waals surface area (Å²) < 4.78 is 5.71. The fraction of sp³-hybridized carbons (Fsp3) is 0.500. The van der Waals surface area contributed by atoms with E-state index in [0.29, 0.717) is 13.0 Å². The molecule has 0 bridgehead atoms. The number of nitrogens with one attached hydrogen (secondary N) is 1. The second-order valence-corrected chi connectivity index (χ2v) is 4.69. The van der Waals surface area contributed by atoms with Crippen molar-refractivity contribution in [3.63, 3.8) is 0 Å². The van der Waals surface area contributed by atoms with E-state index in [-0.39, 0.29) is 6.10 Å². The molecule has 0 aromatic heterocycles. The summed E-state index contributed by atoms with van der Waals surface area (Å²) >= 11 is 0. The molecule has 1 fully saturated rings. The summed E-state index contributed by atoms with van der Waals surface area (Å²) in [6.45, 7) is 4.20. The molecule has 0 amide bonds. The highest BCUT2D eigenvalue weighted by molar-refractivity contribution is 5.24. The SMILES string of the molecule is [CH2-][NH+]1CC[C@@](O)(c2ccccc2)[C@H](OCC)C1. The van der Waals surface area contributed by atoms with E-state index in [1.807, 2.05) is 37.3 Å². The van der Waals surface area contributed by atoms with Crippen molar-refractivity contribution >= 4 is 0 Å². The molecule has 17 heavy (non-hydrogen) atoms. The lowest BCUT2D eigenvalue weighted by molar-refractivity contribution is -0.867. The van der Waals surface area contributed by atoms with Crippen LogP contribution >= 0.6 is 0 Å². The fourth-order valence-corrected chi connectivity index (χ4v) is 2.52. The first kappa shape index (κ1) is 12.6. The Morgan fingerprint density at radius 1 is 1.47 bits per heavy atom. The lowest BCUT2D eigenvalue weighted by Crippen LogP contribution is -3.10. The van der Waals surface area contributed by atoms with Gasteiger partial charge in [0.2, 0.25) is 0 Å². The Bertz CT molecular complexity index is 354. The standard InChI is InChI=1S/C14H21NO2/c1-3-17-13-11-15(2)10-9-14(13,16)12-7-5-4-6-8-12/h4-8,13,15-16H,2-3,9-11H2,1H3/t13-,14-/m1/s1. The van der Waals surface area contributed by atoms with Crippen molar-refractivity contribution in [2.75, 3.05) is 19.7 Å². The van der Waals surface area contributed by atoms with E-state index >= 15 is 0 Å². The Morgan fingerprint density at radius 3 is 2.82 bits per heavy atom. The predicted octanol–water partition coefficient (Wildman–Crippen LogP) is 0.359. The molecule has 3 nitrogen and oxygen atoms in total. The lowest BCUT2D eigenvalue weighted by atomic mass is 9.82. The minimum absolute atomic E-state index is 0.170. The summed E-state index contributed by atoms with van der Waals surface area (Å²) in [7, 11) is 4.01. The summed E-state index contributed by atoms with van der Waals surface area (Å²) in [6.07, 6.45) is 0.525. The normalized spacial score (nSPS) is 33.6. The third kappa shape index (κ3) is 2.51. The van der Waals surface area contributed by atoms with E-state index in [4.69, 9.17) is 4.74 Å². The molecule has 3 atom stereocenters. The molecule has 1 unspecified atom stereocenters. The summed E-state index contributed by atoms with van der Waals surface area (Å²) in [5, 5.41) is 10.9. The molecule has 2 N–H and O–H groups in total. The summed E-state index contributed by atoms with van der Waals surface area (Å²) in [4.78, 5) is 1.17. The highest BCUT2D eigenvalue weighted by Gasteiger charge is 2.43. The van der Waals surface area contributed by atoms with Gasteiger partial charge in [0.15, 0.2) is 0 Å². The second-order valence-electron chi connectivity index (χ2n) is 4.69. The van der Waals surface area contributed by atoms with E-state index in [2.05, 4.69) is 7.05 Å². The molecule has 0 radical (unpaired) electrons. The molecule has 1 aromatic carbocycles. The van der Waals surface area contributed by atoms with Crippen molar-refractivity contribution in [2.24, 2.45) is 0 Å². The number of hydrogen-bond acceptors (Lipinski definition) is 2. The molecule has 1 aliphatic heterocycles. The number of benzene rings is 1. The minimum Gasteiger partial charge on any atom is -0.465 e. The fourth-order valence-electron chi connectivity index (χ4n) is 2.52. The summed E-state index contributed by atoms with van der Waals surface area (Å²) in [6, 6.07) is 9.82. The molecular formula is C14H21NO2. The lowest BCUT2D eigenvalue weighted by Gasteiger charge is -2.43. The maximum absolute atomic E-state index is 10.9. The van der Waals surface area contributed by atoms with E-state index in [0.717, 1.165) is 18.7 Å². The van der Waals surface area contributed by atoms with Crippen LogP contribution in [-0.2, 0) is 10.3 Å². The summed E-state index contributed by atoms with van der Waals surface area (Å²) in [5.41, 5.74) is 0.0873. The van der Waals surface area contributed by atoms with Gasteiger partial charge in [0.25, 0.3) is 0 Å². The second kappa shape index (κ2) is 5.17. The van der Waals surface area contributed by atoms with Crippen molar-refractivity contribution < 1.29 is 14.7 Å². The minimum atomic E-state index is -0.863. The number of hydrogen-bond donors (Lipinski definition) is 2. The van der Waals surface area contributed by atoms with Crippen LogP contribution in [0.4, 0.5) is 0 Å². The van der Waals surface area contributed by atoms with Gasteiger partial charge in [0, 0.05) is 13.0 Å². The van der Waals surface area contributed by atoms with Gasteiger partial charge in [-0.3, -0.25) is 0 Å². The van der Waals surface area contributed by atoms with Gasteiger partial charge in [-0.15, -0.1) is 0 Å². The Morgan fingerprint density at radius 2 is 2.18 bits per heavy atom. The van der Waals surface area contributed by atoms with Gasteiger partial charge in [-0.25, -0.2) is 0 Å². The smallest absolute Gasteiger partial charge is 0.137 e. The van der Waals surface area contributed by atoms with Crippen LogP contribution in [0, 0.1) is 7.05 Å². The Kier molecular flexibility index (Phi) is 3.82. The van der Waals surface area contributed by atoms with Crippen LogP contribution in [0.1, 0.15) is 18.9 Å². The maximum atomic E-state index is 10.9. The van der Waals surface area contributed by atoms with Crippen molar-refractivity contribution in [1.29, 1.82) is 0 Å². The molecule has 3 heteroatoms. The largest absolute Gasteiger partial charge is 0.465 e. The van der Waals surface area contributed by atoms with Gasteiger partial charge in [0.05, 0.1) is 13.1 Å². The number of piperidine rings is 1. The topological polar surface area (TPSA) is 33.9 Å². The predicted molar refractivity (Wildman–Crippen MR) is 66.4 cm³/mol. The molecule has 1 heterocycles. The van der Waals surface area contributed by atoms with Gasteiger partial charge in [-0.05, 0) is 12.5 Å². The van der Waals surface area contributed by atoms with Crippen LogP contribution in [-0.4, -0.2) is 30.9 Å². The highest BCUT2D eigenvalue weighted by Crippen LogP contribution is 2.31. The number of aliphatic hydroxyl groups is 1. The first-order valence-corrected chi connectivity index (χ1v) is 6.23. The van der Waals surface area contributed by atoms with Gasteiger partial charge >= 0.3 is 0 Å². The van der Waals surface area contributed by atoms with Crippen molar-refractivity contribution in [2.45, 2.75) is 25.0 Å².